The van der Waals surface area contributed by atoms with Crippen LogP contribution in [0.5, 0.6) is 0 Å². The molecule has 0 amide bonds. The number of halogens is 1. The van der Waals surface area contributed by atoms with Gasteiger partial charge in [-0.1, -0.05) is 17.7 Å². The second kappa shape index (κ2) is 5.51. The first-order valence-electron chi connectivity index (χ1n) is 7.26. The van der Waals surface area contributed by atoms with Crippen LogP contribution in [-0.2, 0) is 0 Å². The molecule has 4 aromatic rings. The van der Waals surface area contributed by atoms with E-state index in [0.29, 0.717) is 0 Å². The Kier molecular flexibility index (Phi) is 3.47. The summed E-state index contributed by atoms with van der Waals surface area (Å²) >= 11 is 7.58. The maximum Gasteiger partial charge on any atom is 0.141 e. The Labute approximate surface area is 143 Å². The number of rotatable bonds is 3. The molecule has 2 N–H and O–H groups in total. The summed E-state index contributed by atoms with van der Waals surface area (Å²) in [6.07, 6.45) is 5.89. The summed E-state index contributed by atoms with van der Waals surface area (Å²) in [6, 6.07) is 7.97. The average Bonchev–Trinajstić information content (AvgIpc) is 3.12. The number of nitrogens with one attached hydrogen (secondary N) is 2. The summed E-state index contributed by atoms with van der Waals surface area (Å²) in [4.78, 5) is 8.88. The van der Waals surface area contributed by atoms with E-state index in [9.17, 15) is 0 Å². The van der Waals surface area contributed by atoms with Gasteiger partial charge in [0.25, 0.3) is 0 Å². The zero-order valence-corrected chi connectivity index (χ0v) is 14.3. The van der Waals surface area contributed by atoms with Crippen LogP contribution in [0.4, 0.5) is 5.82 Å². The van der Waals surface area contributed by atoms with Gasteiger partial charge in [-0.25, -0.2) is 4.98 Å². The predicted molar refractivity (Wildman–Crippen MR) is 97.5 cm³/mol. The number of anilines is 1. The van der Waals surface area contributed by atoms with Crippen molar-refractivity contribution in [1.82, 2.24) is 14.4 Å². The van der Waals surface area contributed by atoms with Crippen molar-refractivity contribution in [2.75, 3.05) is 4.72 Å². The van der Waals surface area contributed by atoms with E-state index in [1.807, 2.05) is 36.8 Å². The molecular weight excluding hydrogens is 328 g/mol. The first-order valence-corrected chi connectivity index (χ1v) is 8.45. The second-order valence-corrected chi connectivity index (χ2v) is 6.79. The molecule has 3 aromatic heterocycles. The number of benzene rings is 1. The van der Waals surface area contributed by atoms with Crippen LogP contribution in [-0.4, -0.2) is 14.4 Å². The van der Waals surface area contributed by atoms with Crippen molar-refractivity contribution in [3.8, 4) is 0 Å². The maximum atomic E-state index is 6.03. The van der Waals surface area contributed by atoms with Gasteiger partial charge in [-0.15, -0.1) is 0 Å². The minimum absolute atomic E-state index is 0.733. The fourth-order valence-corrected chi connectivity index (χ4v) is 3.56. The van der Waals surface area contributed by atoms with Crippen molar-refractivity contribution in [1.29, 1.82) is 0 Å². The number of aromatic nitrogens is 3. The number of hydrogen-bond donors (Lipinski definition) is 2. The molecule has 0 spiro atoms. The van der Waals surface area contributed by atoms with E-state index in [0.717, 1.165) is 32.3 Å². The van der Waals surface area contributed by atoms with Gasteiger partial charge >= 0.3 is 0 Å². The SMILES string of the molecule is Cc1ccn2c(NSc3c[nH]c4cc(Cl)ccc34)cnc2c1C. The third kappa shape index (κ3) is 2.46. The Morgan fingerprint density at radius 3 is 3.00 bits per heavy atom. The third-order valence-corrected chi connectivity index (χ3v) is 5.17. The molecule has 3 heterocycles. The maximum absolute atomic E-state index is 6.03. The largest absolute Gasteiger partial charge is 0.360 e. The van der Waals surface area contributed by atoms with Crippen LogP contribution in [0.25, 0.3) is 16.6 Å². The topological polar surface area (TPSA) is 45.1 Å². The normalized spacial score (nSPS) is 11.4. The third-order valence-electron chi connectivity index (χ3n) is 4.07. The van der Waals surface area contributed by atoms with E-state index in [1.165, 1.54) is 11.1 Å². The highest BCUT2D eigenvalue weighted by atomic mass is 35.5. The van der Waals surface area contributed by atoms with Crippen molar-refractivity contribution >= 4 is 45.9 Å². The lowest BCUT2D eigenvalue weighted by Crippen LogP contribution is -1.95. The molecular formula is C17H15ClN4S. The molecule has 116 valence electrons. The van der Waals surface area contributed by atoms with Gasteiger partial charge in [0.15, 0.2) is 0 Å². The van der Waals surface area contributed by atoms with E-state index in [4.69, 9.17) is 11.6 Å². The van der Waals surface area contributed by atoms with Crippen LogP contribution >= 0.6 is 23.5 Å². The van der Waals surface area contributed by atoms with E-state index in [-0.39, 0.29) is 0 Å². The zero-order valence-electron chi connectivity index (χ0n) is 12.7. The molecule has 0 aliphatic carbocycles. The summed E-state index contributed by atoms with van der Waals surface area (Å²) in [5.74, 6) is 0.955. The first kappa shape index (κ1) is 14.5. The fraction of sp³-hybridized carbons (Fsp3) is 0.118. The Morgan fingerprint density at radius 1 is 1.26 bits per heavy atom. The molecule has 0 saturated carbocycles. The van der Waals surface area contributed by atoms with Gasteiger partial charge in [-0.3, -0.25) is 4.40 Å². The summed E-state index contributed by atoms with van der Waals surface area (Å²) in [6.45, 7) is 4.20. The van der Waals surface area contributed by atoms with Crippen molar-refractivity contribution in [3.05, 3.63) is 59.0 Å². The molecule has 4 rings (SSSR count). The van der Waals surface area contributed by atoms with Gasteiger partial charge in [0.1, 0.15) is 11.5 Å². The molecule has 1 aromatic carbocycles. The molecule has 0 fully saturated rings. The highest BCUT2D eigenvalue weighted by Crippen LogP contribution is 2.30. The lowest BCUT2D eigenvalue weighted by Gasteiger charge is -2.06. The molecule has 0 radical (unpaired) electrons. The van der Waals surface area contributed by atoms with Crippen LogP contribution in [0.2, 0.25) is 5.02 Å². The van der Waals surface area contributed by atoms with Gasteiger partial charge in [-0.05, 0) is 55.1 Å². The summed E-state index contributed by atoms with van der Waals surface area (Å²) in [5.41, 5.74) is 4.47. The van der Waals surface area contributed by atoms with Crippen molar-refractivity contribution < 1.29 is 0 Å². The van der Waals surface area contributed by atoms with Gasteiger partial charge in [0, 0.05) is 28.3 Å². The second-order valence-electron chi connectivity index (χ2n) is 5.51. The molecule has 0 saturated heterocycles. The van der Waals surface area contributed by atoms with Crippen LogP contribution in [0.1, 0.15) is 11.1 Å². The number of pyridine rings is 1. The average molecular weight is 343 g/mol. The van der Waals surface area contributed by atoms with Crippen LogP contribution in [0.3, 0.4) is 0 Å². The predicted octanol–water partition coefficient (Wildman–Crippen LogP) is 5.21. The van der Waals surface area contributed by atoms with E-state index < -0.39 is 0 Å². The Hall–Kier alpha value is -2.11. The van der Waals surface area contributed by atoms with Crippen LogP contribution < -0.4 is 4.72 Å². The smallest absolute Gasteiger partial charge is 0.141 e. The molecule has 0 bridgehead atoms. The minimum Gasteiger partial charge on any atom is -0.360 e. The monoisotopic (exact) mass is 342 g/mol. The van der Waals surface area contributed by atoms with Crippen molar-refractivity contribution in [2.45, 2.75) is 18.7 Å². The number of hydrogen-bond acceptors (Lipinski definition) is 3. The first-order chi connectivity index (χ1) is 11.1. The fourth-order valence-electron chi connectivity index (χ4n) is 2.62. The van der Waals surface area contributed by atoms with Crippen LogP contribution in [0.15, 0.2) is 47.8 Å². The summed E-state index contributed by atoms with van der Waals surface area (Å²) in [5, 5.41) is 1.88. The lowest BCUT2D eigenvalue weighted by atomic mass is 10.2. The Morgan fingerprint density at radius 2 is 2.13 bits per heavy atom. The zero-order chi connectivity index (χ0) is 16.0. The summed E-state index contributed by atoms with van der Waals surface area (Å²) < 4.78 is 5.46. The molecule has 0 aliphatic heterocycles. The number of fused-ring (bicyclic) bond motifs is 2. The standard InChI is InChI=1S/C17H15ClN4S/c1-10-5-6-22-16(9-20-17(22)11(10)2)21-23-15-8-19-14-7-12(18)3-4-13(14)15/h3-9,19,21H,1-2H3. The Balaban J connectivity index is 1.65. The van der Waals surface area contributed by atoms with E-state index >= 15 is 0 Å². The highest BCUT2D eigenvalue weighted by molar-refractivity contribution is 8.00. The van der Waals surface area contributed by atoms with Crippen molar-refractivity contribution in [3.63, 3.8) is 0 Å². The number of imidazole rings is 1. The highest BCUT2D eigenvalue weighted by Gasteiger charge is 2.09. The van der Waals surface area contributed by atoms with E-state index in [1.54, 1.807) is 11.9 Å². The molecule has 0 unspecified atom stereocenters. The molecule has 6 heteroatoms. The van der Waals surface area contributed by atoms with Gasteiger partial charge < -0.3 is 9.71 Å². The quantitative estimate of drug-likeness (QED) is 0.503. The van der Waals surface area contributed by atoms with Gasteiger partial charge in [0.2, 0.25) is 0 Å². The number of nitrogens with zero attached hydrogens (tertiary/aromatic N) is 2. The molecule has 0 aliphatic rings. The number of aromatic amines is 1. The minimum atomic E-state index is 0.733. The van der Waals surface area contributed by atoms with Crippen LogP contribution in [0, 0.1) is 13.8 Å². The number of aryl methyl sites for hydroxylation is 2. The molecule has 0 atom stereocenters. The number of H-pyrrole nitrogens is 1. The lowest BCUT2D eigenvalue weighted by molar-refractivity contribution is 1.15. The van der Waals surface area contributed by atoms with Gasteiger partial charge in [-0.2, -0.15) is 0 Å². The van der Waals surface area contributed by atoms with Crippen molar-refractivity contribution in [2.24, 2.45) is 0 Å². The van der Waals surface area contributed by atoms with Gasteiger partial charge in [0.05, 0.1) is 11.1 Å². The molecule has 4 nitrogen and oxygen atoms in total. The molecule has 23 heavy (non-hydrogen) atoms. The Bertz CT molecular complexity index is 1020. The summed E-state index contributed by atoms with van der Waals surface area (Å²) in [7, 11) is 0. The van der Waals surface area contributed by atoms with E-state index in [2.05, 4.69) is 39.0 Å².